The topological polar surface area (TPSA) is 75.3 Å². The summed E-state index contributed by atoms with van der Waals surface area (Å²) in [6.07, 6.45) is -2.67. The molecule has 11 heteroatoms. The Balaban J connectivity index is 1.83. The first-order valence-corrected chi connectivity index (χ1v) is 16.3. The van der Waals surface area contributed by atoms with E-state index in [1.165, 1.54) is 0 Å². The number of ether oxygens (including phenoxy) is 4. The zero-order chi connectivity index (χ0) is 26.9. The Morgan fingerprint density at radius 2 is 1.81 bits per heavy atom. The highest BCUT2D eigenvalue weighted by Gasteiger charge is 2.53. The lowest BCUT2D eigenvalue weighted by Gasteiger charge is -2.52. The molecule has 0 spiro atoms. The first-order valence-electron chi connectivity index (χ1n) is 12.3. The average molecular weight is 583 g/mol. The van der Waals surface area contributed by atoms with Gasteiger partial charge in [0.05, 0.1) is 18.8 Å². The molecule has 36 heavy (non-hydrogen) atoms. The van der Waals surface area contributed by atoms with Crippen molar-refractivity contribution in [3.63, 3.8) is 0 Å². The molecule has 3 rings (SSSR count). The standard InChI is InChI=1S/C25H38Cl3NO6Si/c1-15(2)24(4,5)36(6,7)35-22-19(29-23(30)32-14-25(26,27)28)16(3)20-18(33-22)13-31-21(34-20)17-11-9-8-10-12-17/h8-12,15-16,18-22H,13-14H2,1-7H3,(H,29,30)/t16-,18?,19?,20+,21?,22+/m1/s1. The molecule has 2 aliphatic heterocycles. The number of nitrogens with one attached hydrogen (secondary N) is 1. The normalized spacial score (nSPS) is 29.5. The number of carbonyl (C=O) groups excluding carboxylic acids is 1. The molecule has 2 heterocycles. The van der Waals surface area contributed by atoms with Gasteiger partial charge in [0.15, 0.2) is 20.9 Å². The summed E-state index contributed by atoms with van der Waals surface area (Å²) >= 11 is 17.3. The molecule has 204 valence electrons. The summed E-state index contributed by atoms with van der Waals surface area (Å²) in [5.74, 6) is 0.206. The Hall–Kier alpha value is -0.583. The van der Waals surface area contributed by atoms with Gasteiger partial charge in [0, 0.05) is 11.5 Å². The van der Waals surface area contributed by atoms with E-state index < -0.39 is 36.8 Å². The fraction of sp³-hybridized carbons (Fsp3) is 0.720. The number of carbonyl (C=O) groups is 1. The number of fused-ring (bicyclic) bond motifs is 1. The third-order valence-electron chi connectivity index (χ3n) is 7.87. The van der Waals surface area contributed by atoms with E-state index in [-0.39, 0.29) is 29.8 Å². The Morgan fingerprint density at radius 3 is 2.39 bits per heavy atom. The lowest BCUT2D eigenvalue weighted by Crippen LogP contribution is -2.65. The van der Waals surface area contributed by atoms with Crippen LogP contribution in [0.1, 0.15) is 46.5 Å². The molecule has 0 saturated carbocycles. The molecule has 2 aliphatic rings. The summed E-state index contributed by atoms with van der Waals surface area (Å²) in [7, 11) is -2.34. The molecule has 2 saturated heterocycles. The molecular weight excluding hydrogens is 545 g/mol. The monoisotopic (exact) mass is 581 g/mol. The second-order valence-corrected chi connectivity index (χ2v) is 18.0. The quantitative estimate of drug-likeness (QED) is 0.289. The summed E-state index contributed by atoms with van der Waals surface area (Å²) in [6, 6.07) is 9.17. The van der Waals surface area contributed by atoms with Crippen molar-refractivity contribution in [2.75, 3.05) is 13.2 Å². The van der Waals surface area contributed by atoms with Crippen molar-refractivity contribution in [2.45, 2.75) is 87.4 Å². The van der Waals surface area contributed by atoms with Gasteiger partial charge in [-0.2, -0.15) is 0 Å². The van der Waals surface area contributed by atoms with Crippen LogP contribution >= 0.6 is 34.8 Å². The lowest BCUT2D eigenvalue weighted by atomic mass is 9.88. The van der Waals surface area contributed by atoms with Crippen LogP contribution in [0, 0.1) is 11.8 Å². The molecule has 1 amide bonds. The van der Waals surface area contributed by atoms with E-state index in [1.54, 1.807) is 0 Å². The minimum atomic E-state index is -2.34. The number of alkyl halides is 3. The number of halogens is 3. The second-order valence-electron chi connectivity index (χ2n) is 10.9. The van der Waals surface area contributed by atoms with E-state index in [9.17, 15) is 4.79 Å². The Kier molecular flexibility index (Phi) is 9.70. The first kappa shape index (κ1) is 30.0. The predicted octanol–water partition coefficient (Wildman–Crippen LogP) is 6.58. The van der Waals surface area contributed by atoms with E-state index >= 15 is 0 Å². The van der Waals surface area contributed by atoms with E-state index in [4.69, 9.17) is 58.2 Å². The summed E-state index contributed by atoms with van der Waals surface area (Å²) in [4.78, 5) is 12.7. The molecule has 0 radical (unpaired) electrons. The SMILES string of the molecule is CC(C)C(C)(C)[Si](C)(C)O[C@@H]1OC2COC(c3ccccc3)O[C@H]2[C@H](C)C1NC(=O)OCC(Cl)(Cl)Cl. The van der Waals surface area contributed by atoms with E-state index in [2.05, 4.69) is 46.1 Å². The fourth-order valence-electron chi connectivity index (χ4n) is 4.38. The van der Waals surface area contributed by atoms with Gasteiger partial charge in [-0.05, 0) is 24.1 Å². The molecule has 0 bridgehead atoms. The van der Waals surface area contributed by atoms with E-state index in [0.29, 0.717) is 12.5 Å². The number of rotatable bonds is 7. The third-order valence-corrected chi connectivity index (χ3v) is 12.7. The molecule has 1 aromatic rings. The van der Waals surface area contributed by atoms with Crippen molar-refractivity contribution in [1.82, 2.24) is 5.32 Å². The highest BCUT2D eigenvalue weighted by molar-refractivity contribution is 6.74. The Morgan fingerprint density at radius 1 is 1.17 bits per heavy atom. The van der Waals surface area contributed by atoms with Gasteiger partial charge < -0.3 is 28.7 Å². The number of amides is 1. The number of hydrogen-bond acceptors (Lipinski definition) is 6. The highest BCUT2D eigenvalue weighted by atomic mass is 35.6. The molecule has 6 atom stereocenters. The van der Waals surface area contributed by atoms with Crippen LogP contribution in [0.4, 0.5) is 4.79 Å². The molecule has 0 aliphatic carbocycles. The maximum atomic E-state index is 12.7. The van der Waals surface area contributed by atoms with Crippen LogP contribution in [0.15, 0.2) is 30.3 Å². The van der Waals surface area contributed by atoms with Gasteiger partial charge >= 0.3 is 6.09 Å². The van der Waals surface area contributed by atoms with E-state index in [1.807, 2.05) is 37.3 Å². The van der Waals surface area contributed by atoms with Crippen LogP contribution in [-0.4, -0.2) is 56.0 Å². The van der Waals surface area contributed by atoms with E-state index in [0.717, 1.165) is 5.56 Å². The van der Waals surface area contributed by atoms with Gasteiger partial charge in [-0.15, -0.1) is 0 Å². The molecule has 7 nitrogen and oxygen atoms in total. The van der Waals surface area contributed by atoms with Crippen LogP contribution in [0.2, 0.25) is 18.1 Å². The second kappa shape index (κ2) is 11.7. The van der Waals surface area contributed by atoms with Crippen LogP contribution in [-0.2, 0) is 23.4 Å². The summed E-state index contributed by atoms with van der Waals surface area (Å²) in [5.41, 5.74) is 0.917. The van der Waals surface area contributed by atoms with Gasteiger partial charge in [-0.3, -0.25) is 0 Å². The third kappa shape index (κ3) is 7.08. The van der Waals surface area contributed by atoms with Crippen molar-refractivity contribution in [3.8, 4) is 0 Å². The first-order chi connectivity index (χ1) is 16.6. The van der Waals surface area contributed by atoms with Gasteiger partial charge in [0.25, 0.3) is 0 Å². The summed E-state index contributed by atoms with van der Waals surface area (Å²) < 4.78 is 29.0. The predicted molar refractivity (Wildman–Crippen MR) is 144 cm³/mol. The van der Waals surface area contributed by atoms with Crippen molar-refractivity contribution in [2.24, 2.45) is 11.8 Å². The van der Waals surface area contributed by atoms with Crippen molar-refractivity contribution in [3.05, 3.63) is 35.9 Å². The van der Waals surface area contributed by atoms with Gasteiger partial charge in [-0.1, -0.05) is 99.8 Å². The minimum Gasteiger partial charge on any atom is -0.445 e. The average Bonchev–Trinajstić information content (AvgIpc) is 2.79. The molecular formula is C25H38Cl3NO6Si. The van der Waals surface area contributed by atoms with Gasteiger partial charge in [0.2, 0.25) is 3.79 Å². The minimum absolute atomic E-state index is 0.0606. The maximum absolute atomic E-state index is 12.7. The molecule has 3 unspecified atom stereocenters. The Bertz CT molecular complexity index is 882. The summed E-state index contributed by atoms with van der Waals surface area (Å²) in [6.45, 7) is 15.1. The van der Waals surface area contributed by atoms with Crippen LogP contribution < -0.4 is 5.32 Å². The van der Waals surface area contributed by atoms with Crippen molar-refractivity contribution >= 4 is 49.2 Å². The van der Waals surface area contributed by atoms with Gasteiger partial charge in [-0.25, -0.2) is 4.79 Å². The highest BCUT2D eigenvalue weighted by Crippen LogP contribution is 2.47. The fourth-order valence-corrected chi connectivity index (χ4v) is 7.02. The smallest absolute Gasteiger partial charge is 0.407 e. The lowest BCUT2D eigenvalue weighted by molar-refractivity contribution is -0.325. The zero-order valence-electron chi connectivity index (χ0n) is 21.9. The van der Waals surface area contributed by atoms with Crippen LogP contribution in [0.5, 0.6) is 0 Å². The van der Waals surface area contributed by atoms with Gasteiger partial charge in [0.1, 0.15) is 12.7 Å². The molecule has 1 N–H and O–H groups in total. The largest absolute Gasteiger partial charge is 0.445 e. The number of benzene rings is 1. The van der Waals surface area contributed by atoms with Crippen LogP contribution in [0.3, 0.4) is 0 Å². The Labute approximate surface area is 230 Å². The van der Waals surface area contributed by atoms with Crippen molar-refractivity contribution in [1.29, 1.82) is 0 Å². The summed E-state index contributed by atoms with van der Waals surface area (Å²) in [5, 5.41) is 2.84. The molecule has 2 fully saturated rings. The molecule has 1 aromatic carbocycles. The number of hydrogen-bond donors (Lipinski definition) is 1. The maximum Gasteiger partial charge on any atom is 0.407 e. The zero-order valence-corrected chi connectivity index (χ0v) is 25.2. The molecule has 0 aromatic heterocycles. The van der Waals surface area contributed by atoms with Crippen LogP contribution in [0.25, 0.3) is 0 Å². The number of alkyl carbamates (subject to hydrolysis) is 1. The van der Waals surface area contributed by atoms with Crippen molar-refractivity contribution < 1.29 is 28.2 Å².